The SMILES string of the molecule is Cl.Cl.N#CC1(N)CCC1.NC1(C(=O)O)CCC1. The van der Waals surface area contributed by atoms with Crippen LogP contribution in [0.15, 0.2) is 0 Å². The van der Waals surface area contributed by atoms with Gasteiger partial charge in [-0.3, -0.25) is 4.79 Å². The van der Waals surface area contributed by atoms with E-state index >= 15 is 0 Å². The van der Waals surface area contributed by atoms with Gasteiger partial charge in [-0.25, -0.2) is 0 Å². The van der Waals surface area contributed by atoms with E-state index in [1.807, 2.05) is 0 Å². The van der Waals surface area contributed by atoms with Crippen molar-refractivity contribution in [2.24, 2.45) is 11.5 Å². The van der Waals surface area contributed by atoms with Crippen LogP contribution in [0.1, 0.15) is 38.5 Å². The van der Waals surface area contributed by atoms with Crippen LogP contribution >= 0.6 is 24.8 Å². The lowest BCUT2D eigenvalue weighted by Crippen LogP contribution is -2.53. The molecule has 5 N–H and O–H groups in total. The number of hydrogen-bond donors (Lipinski definition) is 3. The molecule has 0 amide bonds. The van der Waals surface area contributed by atoms with Crippen LogP contribution < -0.4 is 11.5 Å². The minimum Gasteiger partial charge on any atom is -0.480 e. The fourth-order valence-corrected chi connectivity index (χ4v) is 1.44. The minimum absolute atomic E-state index is 0. The molecule has 0 unspecified atom stereocenters. The van der Waals surface area contributed by atoms with Crippen molar-refractivity contribution in [3.05, 3.63) is 0 Å². The van der Waals surface area contributed by atoms with E-state index in [-0.39, 0.29) is 24.8 Å². The lowest BCUT2D eigenvalue weighted by molar-refractivity contribution is -0.146. The average molecular weight is 284 g/mol. The third kappa shape index (κ3) is 4.68. The number of nitrogens with two attached hydrogens (primary N) is 2. The maximum absolute atomic E-state index is 10.2. The Balaban J connectivity index is 0. The first kappa shape index (κ1) is 18.8. The predicted octanol–water partition coefficient (Wildman–Crippen LogP) is 1.19. The molecule has 100 valence electrons. The molecule has 2 rings (SSSR count). The first-order valence-electron chi connectivity index (χ1n) is 5.14. The number of nitriles is 1. The zero-order valence-corrected chi connectivity index (χ0v) is 11.1. The van der Waals surface area contributed by atoms with E-state index in [9.17, 15) is 4.79 Å². The molecule has 0 aromatic rings. The van der Waals surface area contributed by atoms with E-state index in [4.69, 9.17) is 21.8 Å². The van der Waals surface area contributed by atoms with Crippen LogP contribution in [0.2, 0.25) is 0 Å². The van der Waals surface area contributed by atoms with Crippen molar-refractivity contribution < 1.29 is 9.90 Å². The first-order chi connectivity index (χ1) is 6.92. The van der Waals surface area contributed by atoms with Crippen molar-refractivity contribution in [2.45, 2.75) is 49.6 Å². The van der Waals surface area contributed by atoms with E-state index in [1.165, 1.54) is 0 Å². The smallest absolute Gasteiger partial charge is 0.323 e. The highest BCUT2D eigenvalue weighted by Crippen LogP contribution is 2.28. The fraction of sp³-hybridized carbons (Fsp3) is 0.800. The maximum Gasteiger partial charge on any atom is 0.323 e. The Labute approximate surface area is 113 Å². The largest absolute Gasteiger partial charge is 0.480 e. The summed E-state index contributed by atoms with van der Waals surface area (Å²) >= 11 is 0. The number of carboxylic acid groups (broad SMARTS) is 1. The Kier molecular flexibility index (Phi) is 7.77. The molecule has 2 aliphatic rings. The summed E-state index contributed by atoms with van der Waals surface area (Å²) < 4.78 is 0. The number of carboxylic acids is 1. The predicted molar refractivity (Wildman–Crippen MR) is 69.3 cm³/mol. The van der Waals surface area contributed by atoms with Crippen LogP contribution in [0.3, 0.4) is 0 Å². The molecular weight excluding hydrogens is 265 g/mol. The van der Waals surface area contributed by atoms with Crippen molar-refractivity contribution in [2.75, 3.05) is 0 Å². The van der Waals surface area contributed by atoms with Crippen LogP contribution in [-0.2, 0) is 4.79 Å². The molecule has 2 fully saturated rings. The van der Waals surface area contributed by atoms with Crippen LogP contribution in [0.25, 0.3) is 0 Å². The highest BCUT2D eigenvalue weighted by molar-refractivity contribution is 5.85. The fourth-order valence-electron chi connectivity index (χ4n) is 1.44. The number of nitrogens with zero attached hydrogens (tertiary/aromatic N) is 1. The monoisotopic (exact) mass is 283 g/mol. The number of aliphatic carboxylic acids is 1. The molecule has 7 heteroatoms. The van der Waals surface area contributed by atoms with Gasteiger partial charge in [0.05, 0.1) is 6.07 Å². The zero-order chi connectivity index (χ0) is 11.5. The van der Waals surface area contributed by atoms with E-state index in [1.54, 1.807) is 0 Å². The van der Waals surface area contributed by atoms with Gasteiger partial charge in [0.1, 0.15) is 11.1 Å². The Morgan fingerprint density at radius 2 is 1.53 bits per heavy atom. The van der Waals surface area contributed by atoms with Gasteiger partial charge in [-0.2, -0.15) is 5.26 Å². The lowest BCUT2D eigenvalue weighted by Gasteiger charge is -2.32. The van der Waals surface area contributed by atoms with Crippen molar-refractivity contribution in [1.29, 1.82) is 5.26 Å². The van der Waals surface area contributed by atoms with Crippen LogP contribution in [0.5, 0.6) is 0 Å². The highest BCUT2D eigenvalue weighted by atomic mass is 35.5. The first-order valence-corrected chi connectivity index (χ1v) is 5.14. The summed E-state index contributed by atoms with van der Waals surface area (Å²) in [6.45, 7) is 0. The summed E-state index contributed by atoms with van der Waals surface area (Å²) in [7, 11) is 0. The number of rotatable bonds is 1. The van der Waals surface area contributed by atoms with Gasteiger partial charge < -0.3 is 16.6 Å². The molecule has 0 heterocycles. The Bertz CT molecular complexity index is 296. The van der Waals surface area contributed by atoms with Crippen LogP contribution in [-0.4, -0.2) is 22.2 Å². The summed E-state index contributed by atoms with van der Waals surface area (Å²) in [5.74, 6) is -0.858. The second kappa shape index (κ2) is 7.02. The molecule has 5 nitrogen and oxygen atoms in total. The van der Waals surface area contributed by atoms with E-state index in [2.05, 4.69) is 6.07 Å². The Morgan fingerprint density at radius 3 is 1.53 bits per heavy atom. The summed E-state index contributed by atoms with van der Waals surface area (Å²) in [6, 6.07) is 2.06. The molecule has 0 spiro atoms. The number of carbonyl (C=O) groups is 1. The van der Waals surface area contributed by atoms with Crippen molar-refractivity contribution in [3.8, 4) is 6.07 Å². The summed E-state index contributed by atoms with van der Waals surface area (Å²) in [5.41, 5.74) is 9.50. The van der Waals surface area contributed by atoms with Crippen LogP contribution in [0.4, 0.5) is 0 Å². The summed E-state index contributed by atoms with van der Waals surface area (Å²) in [4.78, 5) is 10.2. The molecule has 17 heavy (non-hydrogen) atoms. The summed E-state index contributed by atoms with van der Waals surface area (Å²) in [6.07, 6.45) is 5.16. The quantitative estimate of drug-likeness (QED) is 0.669. The molecule has 2 aliphatic carbocycles. The number of halogens is 2. The molecule has 0 aliphatic heterocycles. The lowest BCUT2D eigenvalue weighted by atomic mass is 9.78. The van der Waals surface area contributed by atoms with Gasteiger partial charge in [-0.1, -0.05) is 0 Å². The molecule has 2 saturated carbocycles. The van der Waals surface area contributed by atoms with Gasteiger partial charge in [0, 0.05) is 0 Å². The molecule has 0 saturated heterocycles. The summed E-state index contributed by atoms with van der Waals surface area (Å²) in [5, 5.41) is 16.6. The maximum atomic E-state index is 10.2. The highest BCUT2D eigenvalue weighted by Gasteiger charge is 2.39. The van der Waals surface area contributed by atoms with E-state index < -0.39 is 17.0 Å². The van der Waals surface area contributed by atoms with E-state index in [0.717, 1.165) is 25.7 Å². The molecular formula is C10H19Cl2N3O2. The van der Waals surface area contributed by atoms with E-state index in [0.29, 0.717) is 12.8 Å². The minimum atomic E-state index is -0.861. The van der Waals surface area contributed by atoms with Gasteiger partial charge in [-0.05, 0) is 38.5 Å². The van der Waals surface area contributed by atoms with Crippen molar-refractivity contribution >= 4 is 30.8 Å². The van der Waals surface area contributed by atoms with Gasteiger partial charge >= 0.3 is 5.97 Å². The standard InChI is InChI=1S/C5H8N2.C5H9NO2.2ClH/c6-4-5(7)2-1-3-5;6-5(4(7)8)2-1-3-5;;/h1-3,7H2;1-3,6H2,(H,7,8);2*1H. The van der Waals surface area contributed by atoms with Gasteiger partial charge in [0.25, 0.3) is 0 Å². The normalized spacial score (nSPS) is 21.7. The number of hydrogen-bond acceptors (Lipinski definition) is 4. The molecule has 0 aromatic carbocycles. The second-order valence-electron chi connectivity index (χ2n) is 4.44. The van der Waals surface area contributed by atoms with Gasteiger partial charge in [-0.15, -0.1) is 24.8 Å². The van der Waals surface area contributed by atoms with Crippen LogP contribution in [0, 0.1) is 11.3 Å². The third-order valence-electron chi connectivity index (χ3n) is 3.14. The van der Waals surface area contributed by atoms with Gasteiger partial charge in [0.2, 0.25) is 0 Å². The van der Waals surface area contributed by atoms with Crippen molar-refractivity contribution in [1.82, 2.24) is 0 Å². The Morgan fingerprint density at radius 1 is 1.12 bits per heavy atom. The Hall–Kier alpha value is -0.540. The molecule has 0 atom stereocenters. The van der Waals surface area contributed by atoms with Gasteiger partial charge in [0.15, 0.2) is 0 Å². The average Bonchev–Trinajstić information content (AvgIpc) is 2.11. The second-order valence-corrected chi connectivity index (χ2v) is 4.44. The van der Waals surface area contributed by atoms with Crippen molar-refractivity contribution in [3.63, 3.8) is 0 Å². The molecule has 0 bridgehead atoms. The molecule has 0 radical (unpaired) electrons. The zero-order valence-electron chi connectivity index (χ0n) is 9.52. The third-order valence-corrected chi connectivity index (χ3v) is 3.14. The molecule has 0 aromatic heterocycles. The topological polar surface area (TPSA) is 113 Å².